The molecule has 0 saturated carbocycles. The largest absolute Gasteiger partial charge is 0.463 e. The lowest BCUT2D eigenvalue weighted by molar-refractivity contribution is -0.138. The third kappa shape index (κ3) is 8.38. The van der Waals surface area contributed by atoms with Crippen LogP contribution >= 0.6 is 11.8 Å². The standard InChI is InChI=1S/C36H42N2O4S/c1-7-41-33(39)29-13-9-12-28(23-29)26-16-18-27(19-17-26)32-31(34(40)42-8-2)24(3)37-35(38-32)43-22-10-11-25-14-20-30(21-15-25)36(4,5)6/h9,12-21,23,32H,7-8,10-11,22H2,1-6H3,(H,37,38). The number of aliphatic imine (C=N–C) groups is 1. The molecule has 226 valence electrons. The molecule has 3 aromatic rings. The van der Waals surface area contributed by atoms with Crippen LogP contribution in [0.15, 0.2) is 89.1 Å². The second kappa shape index (κ2) is 14.6. The second-order valence-electron chi connectivity index (χ2n) is 11.5. The van der Waals surface area contributed by atoms with Gasteiger partial charge in [-0.15, -0.1) is 0 Å². The van der Waals surface area contributed by atoms with Crippen molar-refractivity contribution in [2.24, 2.45) is 4.99 Å². The third-order valence-corrected chi connectivity index (χ3v) is 8.29. The summed E-state index contributed by atoms with van der Waals surface area (Å²) >= 11 is 1.67. The highest BCUT2D eigenvalue weighted by Crippen LogP contribution is 2.34. The van der Waals surface area contributed by atoms with Gasteiger partial charge in [0.25, 0.3) is 0 Å². The van der Waals surface area contributed by atoms with Gasteiger partial charge in [0, 0.05) is 11.4 Å². The number of hydrogen-bond donors (Lipinski definition) is 1. The quantitative estimate of drug-likeness (QED) is 0.188. The summed E-state index contributed by atoms with van der Waals surface area (Å²) in [5.41, 5.74) is 7.37. The van der Waals surface area contributed by atoms with Crippen molar-refractivity contribution >= 4 is 28.9 Å². The first kappa shape index (κ1) is 32.1. The monoisotopic (exact) mass is 598 g/mol. The normalized spacial score (nSPS) is 15.0. The Hall–Kier alpha value is -3.84. The zero-order chi connectivity index (χ0) is 31.0. The van der Waals surface area contributed by atoms with Gasteiger partial charge in [0.05, 0.1) is 24.4 Å². The van der Waals surface area contributed by atoms with E-state index in [4.69, 9.17) is 14.5 Å². The fraction of sp³-hybridized carbons (Fsp3) is 0.361. The molecule has 1 unspecified atom stereocenters. The summed E-state index contributed by atoms with van der Waals surface area (Å²) in [6, 6.07) is 23.8. The molecule has 4 rings (SSSR count). The van der Waals surface area contributed by atoms with Crippen molar-refractivity contribution in [3.63, 3.8) is 0 Å². The maximum Gasteiger partial charge on any atom is 0.338 e. The molecule has 0 saturated heterocycles. The third-order valence-electron chi connectivity index (χ3n) is 7.32. The van der Waals surface area contributed by atoms with Crippen LogP contribution < -0.4 is 5.32 Å². The number of rotatable bonds is 10. The van der Waals surface area contributed by atoms with Crippen LogP contribution in [0.25, 0.3) is 11.1 Å². The van der Waals surface area contributed by atoms with Crippen molar-refractivity contribution < 1.29 is 19.1 Å². The van der Waals surface area contributed by atoms with E-state index in [-0.39, 0.29) is 17.4 Å². The van der Waals surface area contributed by atoms with Gasteiger partial charge < -0.3 is 14.8 Å². The molecule has 1 heterocycles. The van der Waals surface area contributed by atoms with E-state index in [1.54, 1.807) is 31.7 Å². The van der Waals surface area contributed by atoms with Gasteiger partial charge in [-0.25, -0.2) is 14.6 Å². The van der Waals surface area contributed by atoms with E-state index in [9.17, 15) is 9.59 Å². The average molecular weight is 599 g/mol. The number of benzene rings is 3. The van der Waals surface area contributed by atoms with Crippen LogP contribution in [0.4, 0.5) is 0 Å². The topological polar surface area (TPSA) is 77.0 Å². The highest BCUT2D eigenvalue weighted by atomic mass is 32.2. The molecule has 0 aliphatic carbocycles. The Kier molecular flexibility index (Phi) is 10.9. The Morgan fingerprint density at radius 2 is 1.56 bits per heavy atom. The summed E-state index contributed by atoms with van der Waals surface area (Å²) in [6.45, 7) is 12.8. The minimum atomic E-state index is -0.479. The highest BCUT2D eigenvalue weighted by molar-refractivity contribution is 8.13. The zero-order valence-electron chi connectivity index (χ0n) is 26.0. The number of aryl methyl sites for hydroxylation is 1. The number of hydrogen-bond acceptors (Lipinski definition) is 7. The van der Waals surface area contributed by atoms with Gasteiger partial charge in [-0.1, -0.05) is 93.2 Å². The smallest absolute Gasteiger partial charge is 0.338 e. The number of amidine groups is 1. The van der Waals surface area contributed by atoms with Crippen molar-refractivity contribution in [2.75, 3.05) is 19.0 Å². The predicted octanol–water partition coefficient (Wildman–Crippen LogP) is 8.03. The van der Waals surface area contributed by atoms with Crippen molar-refractivity contribution in [2.45, 2.75) is 65.8 Å². The predicted molar refractivity (Wildman–Crippen MR) is 176 cm³/mol. The summed E-state index contributed by atoms with van der Waals surface area (Å²) < 4.78 is 10.6. The van der Waals surface area contributed by atoms with Gasteiger partial charge in [-0.05, 0) is 79.0 Å². The molecule has 0 radical (unpaired) electrons. The van der Waals surface area contributed by atoms with Gasteiger partial charge in [-0.2, -0.15) is 0 Å². The number of thioether (sulfide) groups is 1. The minimum absolute atomic E-state index is 0.152. The number of carbonyl (C=O) groups is 2. The lowest BCUT2D eigenvalue weighted by atomic mass is 9.86. The summed E-state index contributed by atoms with van der Waals surface area (Å²) in [5.74, 6) is 0.195. The summed E-state index contributed by atoms with van der Waals surface area (Å²) in [5, 5.41) is 4.14. The van der Waals surface area contributed by atoms with E-state index in [0.717, 1.165) is 46.1 Å². The zero-order valence-corrected chi connectivity index (χ0v) is 26.8. The van der Waals surface area contributed by atoms with Crippen molar-refractivity contribution in [3.8, 4) is 11.1 Å². The molecular weight excluding hydrogens is 556 g/mol. The first-order valence-corrected chi connectivity index (χ1v) is 15.9. The van der Waals surface area contributed by atoms with Crippen LogP contribution in [0.3, 0.4) is 0 Å². The minimum Gasteiger partial charge on any atom is -0.463 e. The van der Waals surface area contributed by atoms with Gasteiger partial charge >= 0.3 is 11.9 Å². The Labute approximate surface area is 260 Å². The van der Waals surface area contributed by atoms with E-state index < -0.39 is 6.04 Å². The molecule has 0 amide bonds. The molecule has 1 aliphatic heterocycles. The van der Waals surface area contributed by atoms with Gasteiger partial charge in [0.1, 0.15) is 6.04 Å². The summed E-state index contributed by atoms with van der Waals surface area (Å²) in [6.07, 6.45) is 2.01. The number of nitrogens with zero attached hydrogens (tertiary/aromatic N) is 1. The molecule has 6 nitrogen and oxygen atoms in total. The molecule has 0 spiro atoms. The molecule has 7 heteroatoms. The van der Waals surface area contributed by atoms with Gasteiger partial charge in [0.15, 0.2) is 5.17 Å². The maximum absolute atomic E-state index is 13.0. The fourth-order valence-electron chi connectivity index (χ4n) is 4.95. The second-order valence-corrected chi connectivity index (χ2v) is 12.6. The van der Waals surface area contributed by atoms with E-state index in [2.05, 4.69) is 50.4 Å². The molecule has 43 heavy (non-hydrogen) atoms. The van der Waals surface area contributed by atoms with E-state index >= 15 is 0 Å². The Balaban J connectivity index is 1.49. The molecule has 0 aromatic heterocycles. The molecule has 3 aromatic carbocycles. The number of esters is 2. The Morgan fingerprint density at radius 3 is 2.21 bits per heavy atom. The lowest BCUT2D eigenvalue weighted by Gasteiger charge is -2.26. The molecule has 1 atom stereocenters. The summed E-state index contributed by atoms with van der Waals surface area (Å²) in [7, 11) is 0. The first-order chi connectivity index (χ1) is 20.6. The maximum atomic E-state index is 13.0. The number of nitrogens with one attached hydrogen (secondary N) is 1. The molecule has 1 N–H and O–H groups in total. The Bertz CT molecular complexity index is 1480. The summed E-state index contributed by atoms with van der Waals surface area (Å²) in [4.78, 5) is 30.2. The van der Waals surface area contributed by atoms with Crippen LogP contribution in [0.5, 0.6) is 0 Å². The SMILES string of the molecule is CCOC(=O)C1=C(C)NC(SCCCc2ccc(C(C)(C)C)cc2)=NC1c1ccc(-c2cccc(C(=O)OCC)c2)cc1. The van der Waals surface area contributed by atoms with Crippen LogP contribution in [-0.2, 0) is 26.1 Å². The van der Waals surface area contributed by atoms with Crippen molar-refractivity contribution in [1.82, 2.24) is 5.32 Å². The van der Waals surface area contributed by atoms with Crippen LogP contribution in [0.2, 0.25) is 0 Å². The molecule has 0 bridgehead atoms. The van der Waals surface area contributed by atoms with Gasteiger partial charge in [0.2, 0.25) is 0 Å². The van der Waals surface area contributed by atoms with Crippen LogP contribution in [-0.4, -0.2) is 36.1 Å². The van der Waals surface area contributed by atoms with Gasteiger partial charge in [-0.3, -0.25) is 0 Å². The number of carbonyl (C=O) groups excluding carboxylic acids is 2. The lowest BCUT2D eigenvalue weighted by Crippen LogP contribution is -2.30. The number of allylic oxidation sites excluding steroid dienone is 1. The molecule has 0 fully saturated rings. The van der Waals surface area contributed by atoms with E-state index in [1.165, 1.54) is 11.1 Å². The molecular formula is C36H42N2O4S. The molecule has 1 aliphatic rings. The van der Waals surface area contributed by atoms with E-state index in [1.807, 2.05) is 49.4 Å². The first-order valence-electron chi connectivity index (χ1n) is 14.9. The Morgan fingerprint density at radius 1 is 0.884 bits per heavy atom. The van der Waals surface area contributed by atoms with Crippen LogP contribution in [0, 0.1) is 0 Å². The van der Waals surface area contributed by atoms with Crippen molar-refractivity contribution in [3.05, 3.63) is 106 Å². The van der Waals surface area contributed by atoms with Crippen LogP contribution in [0.1, 0.15) is 81.1 Å². The fourth-order valence-corrected chi connectivity index (χ4v) is 5.84. The number of ether oxygens (including phenoxy) is 2. The highest BCUT2D eigenvalue weighted by Gasteiger charge is 2.30. The average Bonchev–Trinajstić information content (AvgIpc) is 2.99. The van der Waals surface area contributed by atoms with Crippen molar-refractivity contribution in [1.29, 1.82) is 0 Å². The van der Waals surface area contributed by atoms with E-state index in [0.29, 0.717) is 24.4 Å².